The van der Waals surface area contributed by atoms with E-state index in [1.165, 1.54) is 0 Å². The molecule has 0 aromatic carbocycles. The molecule has 21 heavy (non-hydrogen) atoms. The van der Waals surface area contributed by atoms with E-state index in [1.54, 1.807) is 0 Å². The molecule has 0 aromatic rings. The number of unbranched alkanes of at least 4 members (excludes halogenated alkanes) is 2. The van der Waals surface area contributed by atoms with Crippen molar-refractivity contribution in [1.82, 2.24) is 10.4 Å². The van der Waals surface area contributed by atoms with Gasteiger partial charge in [-0.15, -0.1) is 0 Å². The molecule has 0 rings (SSSR count). The van der Waals surface area contributed by atoms with Gasteiger partial charge < -0.3 is 14.9 Å². The zero-order valence-electron chi connectivity index (χ0n) is 12.2. The lowest BCUT2D eigenvalue weighted by Crippen LogP contribution is -2.46. The van der Waals surface area contributed by atoms with Crippen LogP contribution in [0.1, 0.15) is 39.0 Å². The van der Waals surface area contributed by atoms with Gasteiger partial charge in [-0.25, -0.2) is 0 Å². The molecule has 8 nitrogen and oxygen atoms in total. The fraction of sp³-hybridized carbons (Fsp3) is 0.692. The third-order valence-electron chi connectivity index (χ3n) is 2.77. The highest BCUT2D eigenvalue weighted by molar-refractivity contribution is 5.83. The molecule has 1 unspecified atom stereocenters. The lowest BCUT2D eigenvalue weighted by atomic mass is 10.1. The summed E-state index contributed by atoms with van der Waals surface area (Å²) in [6.45, 7) is 3.12. The Morgan fingerprint density at radius 3 is 2.52 bits per heavy atom. The molecule has 0 saturated heterocycles. The second kappa shape index (κ2) is 12.9. The zero-order valence-corrected chi connectivity index (χ0v) is 12.2. The van der Waals surface area contributed by atoms with Crippen LogP contribution in [0.25, 0.3) is 0 Å². The van der Waals surface area contributed by atoms with E-state index >= 15 is 0 Å². The molecular weight excluding hydrogens is 280 g/mol. The zero-order chi connectivity index (χ0) is 15.9. The van der Waals surface area contributed by atoms with Crippen molar-refractivity contribution in [3.05, 3.63) is 0 Å². The highest BCUT2D eigenvalue weighted by Crippen LogP contribution is 2.08. The van der Waals surface area contributed by atoms with E-state index in [0.717, 1.165) is 12.8 Å². The quantitative estimate of drug-likeness (QED) is 0.279. The Kier molecular flexibility index (Phi) is 11.6. The van der Waals surface area contributed by atoms with Crippen molar-refractivity contribution in [3.8, 4) is 0 Å². The van der Waals surface area contributed by atoms with Gasteiger partial charge in [0, 0.05) is 6.54 Å². The Morgan fingerprint density at radius 1 is 1.19 bits per heavy atom. The van der Waals surface area contributed by atoms with Crippen LogP contribution in [-0.4, -0.2) is 49.5 Å². The standard InChI is InChI=1S/C13H22N2O6/c1-2-3-6-12(15(9-16)21-11-18)13(19)14-7-4-5-8-20-10-17/h9-12H,2-8H2,1H3,(H,14,19). The predicted molar refractivity (Wildman–Crippen MR) is 72.6 cm³/mol. The third-order valence-corrected chi connectivity index (χ3v) is 2.77. The molecule has 2 amide bonds. The van der Waals surface area contributed by atoms with Crippen LogP contribution < -0.4 is 5.32 Å². The molecule has 0 aromatic heterocycles. The molecule has 0 fully saturated rings. The number of hydrogen-bond donors (Lipinski definition) is 1. The van der Waals surface area contributed by atoms with Crippen molar-refractivity contribution >= 4 is 25.3 Å². The monoisotopic (exact) mass is 302 g/mol. The fourth-order valence-electron chi connectivity index (χ4n) is 1.68. The van der Waals surface area contributed by atoms with E-state index < -0.39 is 6.04 Å². The second-order valence-corrected chi connectivity index (χ2v) is 4.29. The van der Waals surface area contributed by atoms with Gasteiger partial charge in [-0.1, -0.05) is 19.8 Å². The number of nitrogens with zero attached hydrogens (tertiary/aromatic N) is 1. The molecule has 1 atom stereocenters. The molecule has 0 aliphatic carbocycles. The first-order chi connectivity index (χ1) is 10.2. The van der Waals surface area contributed by atoms with Crippen molar-refractivity contribution in [2.45, 2.75) is 45.1 Å². The van der Waals surface area contributed by atoms with E-state index in [1.807, 2.05) is 6.92 Å². The molecule has 120 valence electrons. The lowest BCUT2D eigenvalue weighted by molar-refractivity contribution is -0.189. The van der Waals surface area contributed by atoms with Crippen molar-refractivity contribution < 1.29 is 28.8 Å². The summed E-state index contributed by atoms with van der Waals surface area (Å²) in [6.07, 6.45) is 3.55. The Labute approximate surface area is 123 Å². The van der Waals surface area contributed by atoms with Gasteiger partial charge in [0.05, 0.1) is 6.61 Å². The molecule has 0 aliphatic rings. The largest absolute Gasteiger partial charge is 0.468 e. The Hall–Kier alpha value is -2.12. The van der Waals surface area contributed by atoms with Crippen LogP contribution in [0.5, 0.6) is 0 Å². The van der Waals surface area contributed by atoms with E-state index in [-0.39, 0.29) is 12.4 Å². The molecule has 8 heteroatoms. The number of hydrogen-bond acceptors (Lipinski definition) is 6. The number of hydroxylamine groups is 2. The maximum atomic E-state index is 12.0. The summed E-state index contributed by atoms with van der Waals surface area (Å²) in [6, 6.07) is -0.834. The number of rotatable bonds is 14. The van der Waals surface area contributed by atoms with Gasteiger partial charge in [0.1, 0.15) is 6.04 Å². The van der Waals surface area contributed by atoms with Gasteiger partial charge >= 0.3 is 6.47 Å². The first kappa shape index (κ1) is 18.9. The molecule has 0 bridgehead atoms. The third kappa shape index (κ3) is 8.61. The number of amides is 2. The molecule has 0 aliphatic heterocycles. The first-order valence-electron chi connectivity index (χ1n) is 6.88. The number of nitrogens with one attached hydrogen (secondary N) is 1. The smallest absolute Gasteiger partial charge is 0.320 e. The van der Waals surface area contributed by atoms with E-state index in [2.05, 4.69) is 14.9 Å². The summed E-state index contributed by atoms with van der Waals surface area (Å²) in [4.78, 5) is 47.6. The van der Waals surface area contributed by atoms with Gasteiger partial charge in [0.25, 0.3) is 6.47 Å². The number of carbonyl (C=O) groups excluding carboxylic acids is 4. The normalized spacial score (nSPS) is 11.1. The summed E-state index contributed by atoms with van der Waals surface area (Å²) in [5, 5.41) is 3.38. The average Bonchev–Trinajstić information content (AvgIpc) is 2.49. The first-order valence-corrected chi connectivity index (χ1v) is 6.88. The summed E-state index contributed by atoms with van der Waals surface area (Å²) < 4.78 is 4.52. The number of ether oxygens (including phenoxy) is 1. The van der Waals surface area contributed by atoms with Gasteiger partial charge in [-0.05, 0) is 19.3 Å². The van der Waals surface area contributed by atoms with Crippen LogP contribution in [0.3, 0.4) is 0 Å². The van der Waals surface area contributed by atoms with E-state index in [9.17, 15) is 19.2 Å². The summed E-state index contributed by atoms with van der Waals surface area (Å²) in [5.74, 6) is -0.381. The van der Waals surface area contributed by atoms with Crippen molar-refractivity contribution in [2.24, 2.45) is 0 Å². The Balaban J connectivity index is 4.26. The van der Waals surface area contributed by atoms with E-state index in [0.29, 0.717) is 50.4 Å². The molecule has 0 spiro atoms. The summed E-state index contributed by atoms with van der Waals surface area (Å²) in [5.41, 5.74) is 0. The average molecular weight is 302 g/mol. The predicted octanol–water partition coefficient (Wildman–Crippen LogP) is 0.161. The van der Waals surface area contributed by atoms with Crippen LogP contribution in [-0.2, 0) is 28.8 Å². The Bertz CT molecular complexity index is 324. The van der Waals surface area contributed by atoms with Crippen molar-refractivity contribution in [3.63, 3.8) is 0 Å². The maximum absolute atomic E-state index is 12.0. The Morgan fingerprint density at radius 2 is 1.95 bits per heavy atom. The highest BCUT2D eigenvalue weighted by atomic mass is 16.7. The highest BCUT2D eigenvalue weighted by Gasteiger charge is 2.25. The van der Waals surface area contributed by atoms with Crippen LogP contribution >= 0.6 is 0 Å². The molecule has 1 N–H and O–H groups in total. The molecular formula is C13H22N2O6. The molecule has 0 heterocycles. The van der Waals surface area contributed by atoms with Crippen LogP contribution in [0.4, 0.5) is 0 Å². The topological polar surface area (TPSA) is 102 Å². The van der Waals surface area contributed by atoms with Crippen LogP contribution in [0, 0.1) is 0 Å². The van der Waals surface area contributed by atoms with Crippen LogP contribution in [0.15, 0.2) is 0 Å². The minimum atomic E-state index is -0.834. The molecule has 0 radical (unpaired) electrons. The van der Waals surface area contributed by atoms with Gasteiger partial charge in [0.2, 0.25) is 12.3 Å². The van der Waals surface area contributed by atoms with Crippen LogP contribution in [0.2, 0.25) is 0 Å². The van der Waals surface area contributed by atoms with Crippen molar-refractivity contribution in [2.75, 3.05) is 13.2 Å². The van der Waals surface area contributed by atoms with Gasteiger partial charge in [0.15, 0.2) is 0 Å². The minimum absolute atomic E-state index is 0.109. The van der Waals surface area contributed by atoms with Gasteiger partial charge in [-0.3, -0.25) is 19.2 Å². The van der Waals surface area contributed by atoms with Crippen molar-refractivity contribution in [1.29, 1.82) is 0 Å². The SMILES string of the molecule is CCCCC(C(=O)NCCCCOC=O)N(C=O)OC=O. The molecule has 0 saturated carbocycles. The second-order valence-electron chi connectivity index (χ2n) is 4.29. The summed E-state index contributed by atoms with van der Waals surface area (Å²) >= 11 is 0. The summed E-state index contributed by atoms with van der Waals surface area (Å²) in [7, 11) is 0. The maximum Gasteiger partial charge on any atom is 0.320 e. The fourth-order valence-corrected chi connectivity index (χ4v) is 1.68. The van der Waals surface area contributed by atoms with E-state index in [4.69, 9.17) is 0 Å². The number of carbonyl (C=O) groups is 4. The minimum Gasteiger partial charge on any atom is -0.468 e. The van der Waals surface area contributed by atoms with Gasteiger partial charge in [-0.2, -0.15) is 5.06 Å². The lowest BCUT2D eigenvalue weighted by Gasteiger charge is -2.24.